The first-order chi connectivity index (χ1) is 7.55. The summed E-state index contributed by atoms with van der Waals surface area (Å²) < 4.78 is 0. The Balaban J connectivity index is 2.47. The molecule has 0 bridgehead atoms. The molecule has 0 amide bonds. The number of para-hydroxylation sites is 2. The van der Waals surface area contributed by atoms with Crippen LogP contribution >= 0.6 is 0 Å². The van der Waals surface area contributed by atoms with Crippen molar-refractivity contribution >= 4 is 11.4 Å². The van der Waals surface area contributed by atoms with Gasteiger partial charge in [0, 0.05) is 13.2 Å². The van der Waals surface area contributed by atoms with E-state index in [2.05, 4.69) is 19.2 Å². The zero-order valence-electron chi connectivity index (χ0n) is 10.2. The number of nitrogens with one attached hydrogen (secondary N) is 1. The number of hydrogen-bond acceptors (Lipinski definition) is 3. The molecule has 0 heterocycles. The van der Waals surface area contributed by atoms with E-state index in [-0.39, 0.29) is 12.0 Å². The number of benzene rings is 1. The molecule has 1 rings (SSSR count). The summed E-state index contributed by atoms with van der Waals surface area (Å²) in [5.74, 6) is 0. The van der Waals surface area contributed by atoms with Crippen molar-refractivity contribution in [1.82, 2.24) is 0 Å². The highest BCUT2D eigenvalue weighted by atomic mass is 16.2. The van der Waals surface area contributed by atoms with Crippen LogP contribution in [0.4, 0.5) is 11.4 Å². The van der Waals surface area contributed by atoms with Crippen LogP contribution in [0.15, 0.2) is 24.3 Å². The number of nitrogen functional groups attached to an aromatic ring is 1. The van der Waals surface area contributed by atoms with Crippen LogP contribution in [0.25, 0.3) is 0 Å². The summed E-state index contributed by atoms with van der Waals surface area (Å²) >= 11 is 0. The molecule has 0 unspecified atom stereocenters. The summed E-state index contributed by atoms with van der Waals surface area (Å²) in [7, 11) is 0. The molecule has 0 aliphatic heterocycles. The van der Waals surface area contributed by atoms with E-state index in [9.17, 15) is 0 Å². The molecule has 0 aromatic heterocycles. The first-order valence-corrected chi connectivity index (χ1v) is 5.74. The van der Waals surface area contributed by atoms with Crippen LogP contribution in [-0.2, 0) is 0 Å². The van der Waals surface area contributed by atoms with Gasteiger partial charge < -0.3 is 16.2 Å². The third kappa shape index (κ3) is 4.11. The monoisotopic (exact) mass is 222 g/mol. The number of nitrogens with two attached hydrogens (primary N) is 1. The molecule has 0 aliphatic rings. The molecule has 3 heteroatoms. The van der Waals surface area contributed by atoms with Gasteiger partial charge in [0.1, 0.15) is 0 Å². The Kier molecular flexibility index (Phi) is 4.62. The van der Waals surface area contributed by atoms with Crippen LogP contribution in [0.1, 0.15) is 26.7 Å². The largest absolute Gasteiger partial charge is 0.397 e. The average Bonchev–Trinajstić information content (AvgIpc) is 2.26. The lowest BCUT2D eigenvalue weighted by Gasteiger charge is -2.25. The summed E-state index contributed by atoms with van der Waals surface area (Å²) in [6.07, 6.45) is 1.85. The standard InChI is InChI=1S/C13H22N2O/c1-13(2,8-5-9-16)10-15-12-7-4-3-6-11(12)14/h3-4,6-7,15-16H,5,8-10,14H2,1-2H3. The van der Waals surface area contributed by atoms with Gasteiger partial charge in [-0.2, -0.15) is 0 Å². The minimum absolute atomic E-state index is 0.172. The van der Waals surface area contributed by atoms with Crippen molar-refractivity contribution in [3.8, 4) is 0 Å². The zero-order valence-corrected chi connectivity index (χ0v) is 10.2. The maximum atomic E-state index is 8.82. The van der Waals surface area contributed by atoms with Gasteiger partial charge in [-0.25, -0.2) is 0 Å². The fourth-order valence-electron chi connectivity index (χ4n) is 1.64. The summed E-state index contributed by atoms with van der Waals surface area (Å²) in [5.41, 5.74) is 7.78. The number of aliphatic hydroxyl groups excluding tert-OH is 1. The molecule has 0 atom stereocenters. The second-order valence-electron chi connectivity index (χ2n) is 4.93. The molecule has 16 heavy (non-hydrogen) atoms. The van der Waals surface area contributed by atoms with Crippen molar-refractivity contribution in [2.45, 2.75) is 26.7 Å². The first-order valence-electron chi connectivity index (χ1n) is 5.74. The van der Waals surface area contributed by atoms with Crippen molar-refractivity contribution in [1.29, 1.82) is 0 Å². The number of rotatable bonds is 6. The molecular weight excluding hydrogens is 200 g/mol. The summed E-state index contributed by atoms with van der Waals surface area (Å²) in [4.78, 5) is 0. The molecule has 1 aromatic carbocycles. The van der Waals surface area contributed by atoms with Gasteiger partial charge in [0.2, 0.25) is 0 Å². The quantitative estimate of drug-likeness (QED) is 0.648. The maximum Gasteiger partial charge on any atom is 0.0574 e. The molecule has 0 saturated carbocycles. The molecule has 3 nitrogen and oxygen atoms in total. The summed E-state index contributed by atoms with van der Waals surface area (Å²) in [6, 6.07) is 7.78. The van der Waals surface area contributed by atoms with E-state index >= 15 is 0 Å². The van der Waals surface area contributed by atoms with Crippen molar-refractivity contribution in [3.63, 3.8) is 0 Å². The summed E-state index contributed by atoms with van der Waals surface area (Å²) in [6.45, 7) is 5.50. The van der Waals surface area contributed by atoms with Crippen LogP contribution in [-0.4, -0.2) is 18.3 Å². The molecule has 90 valence electrons. The van der Waals surface area contributed by atoms with Gasteiger partial charge in [-0.05, 0) is 30.4 Å². The lowest BCUT2D eigenvalue weighted by Crippen LogP contribution is -2.23. The van der Waals surface area contributed by atoms with Crippen molar-refractivity contribution in [2.75, 3.05) is 24.2 Å². The SMILES string of the molecule is CC(C)(CCCO)CNc1ccccc1N. The Hall–Kier alpha value is -1.22. The second-order valence-corrected chi connectivity index (χ2v) is 4.93. The second kappa shape index (κ2) is 5.75. The predicted molar refractivity (Wildman–Crippen MR) is 69.4 cm³/mol. The van der Waals surface area contributed by atoms with Gasteiger partial charge in [-0.1, -0.05) is 26.0 Å². The average molecular weight is 222 g/mol. The van der Waals surface area contributed by atoms with Crippen LogP contribution in [0.5, 0.6) is 0 Å². The smallest absolute Gasteiger partial charge is 0.0574 e. The fourth-order valence-corrected chi connectivity index (χ4v) is 1.64. The fraction of sp³-hybridized carbons (Fsp3) is 0.538. The van der Waals surface area contributed by atoms with Gasteiger partial charge >= 0.3 is 0 Å². The van der Waals surface area contributed by atoms with E-state index in [0.29, 0.717) is 0 Å². The van der Waals surface area contributed by atoms with E-state index in [4.69, 9.17) is 10.8 Å². The van der Waals surface area contributed by atoms with E-state index in [1.54, 1.807) is 0 Å². The zero-order chi connectivity index (χ0) is 12.0. The number of aliphatic hydroxyl groups is 1. The number of anilines is 2. The molecular formula is C13H22N2O. The van der Waals surface area contributed by atoms with Gasteiger partial charge in [-0.3, -0.25) is 0 Å². The van der Waals surface area contributed by atoms with E-state index in [1.807, 2.05) is 24.3 Å². The number of hydrogen-bond donors (Lipinski definition) is 3. The molecule has 0 radical (unpaired) electrons. The van der Waals surface area contributed by atoms with Gasteiger partial charge in [0.25, 0.3) is 0 Å². The highest BCUT2D eigenvalue weighted by Crippen LogP contribution is 2.24. The lowest BCUT2D eigenvalue weighted by molar-refractivity contribution is 0.248. The van der Waals surface area contributed by atoms with Gasteiger partial charge in [0.15, 0.2) is 0 Å². The Morgan fingerprint density at radius 2 is 2.00 bits per heavy atom. The molecule has 0 spiro atoms. The normalized spacial score (nSPS) is 11.4. The predicted octanol–water partition coefficient (Wildman–Crippen LogP) is 2.48. The Morgan fingerprint density at radius 1 is 1.31 bits per heavy atom. The molecule has 0 fully saturated rings. The minimum atomic E-state index is 0.172. The lowest BCUT2D eigenvalue weighted by atomic mass is 9.88. The highest BCUT2D eigenvalue weighted by Gasteiger charge is 2.17. The van der Waals surface area contributed by atoms with Gasteiger partial charge in [0.05, 0.1) is 11.4 Å². The third-order valence-corrected chi connectivity index (χ3v) is 2.73. The van der Waals surface area contributed by atoms with Crippen LogP contribution in [0, 0.1) is 5.41 Å². The van der Waals surface area contributed by atoms with Crippen LogP contribution < -0.4 is 11.1 Å². The Morgan fingerprint density at radius 3 is 2.62 bits per heavy atom. The Bertz CT molecular complexity index is 323. The van der Waals surface area contributed by atoms with Crippen LogP contribution in [0.2, 0.25) is 0 Å². The third-order valence-electron chi connectivity index (χ3n) is 2.73. The molecule has 1 aromatic rings. The highest BCUT2D eigenvalue weighted by molar-refractivity contribution is 5.65. The van der Waals surface area contributed by atoms with Crippen LogP contribution in [0.3, 0.4) is 0 Å². The van der Waals surface area contributed by atoms with E-state index in [1.165, 1.54) is 0 Å². The van der Waals surface area contributed by atoms with Crippen molar-refractivity contribution in [2.24, 2.45) is 5.41 Å². The first kappa shape index (κ1) is 12.8. The summed E-state index contributed by atoms with van der Waals surface area (Å²) in [5, 5.41) is 12.2. The van der Waals surface area contributed by atoms with Crippen molar-refractivity contribution in [3.05, 3.63) is 24.3 Å². The topological polar surface area (TPSA) is 58.3 Å². The molecule has 4 N–H and O–H groups in total. The maximum absolute atomic E-state index is 8.82. The van der Waals surface area contributed by atoms with Gasteiger partial charge in [-0.15, -0.1) is 0 Å². The van der Waals surface area contributed by atoms with Crippen molar-refractivity contribution < 1.29 is 5.11 Å². The van der Waals surface area contributed by atoms with E-state index in [0.717, 1.165) is 30.8 Å². The van der Waals surface area contributed by atoms with E-state index < -0.39 is 0 Å². The Labute approximate surface area is 97.7 Å². The minimum Gasteiger partial charge on any atom is -0.397 e. The molecule has 0 aliphatic carbocycles. The molecule has 0 saturated heterocycles.